The summed E-state index contributed by atoms with van der Waals surface area (Å²) in [4.78, 5) is 1.44. The number of nitrogens with one attached hydrogen (secondary N) is 1. The zero-order valence-electron chi connectivity index (χ0n) is 8.99. The van der Waals surface area contributed by atoms with Gasteiger partial charge in [0.1, 0.15) is 0 Å². The second-order valence-corrected chi connectivity index (χ2v) is 4.90. The Morgan fingerprint density at radius 1 is 1.50 bits per heavy atom. The monoisotopic (exact) mass is 212 g/mol. The summed E-state index contributed by atoms with van der Waals surface area (Å²) in [5, 5.41) is 5.61. The van der Waals surface area contributed by atoms with Gasteiger partial charge in [-0.15, -0.1) is 11.3 Å². The molecule has 0 spiro atoms. The maximum absolute atomic E-state index is 5.67. The zero-order chi connectivity index (χ0) is 10.4. The summed E-state index contributed by atoms with van der Waals surface area (Å²) in [6, 6.07) is 4.73. The molecule has 0 radical (unpaired) electrons. The highest BCUT2D eigenvalue weighted by Crippen LogP contribution is 2.08. The van der Waals surface area contributed by atoms with Gasteiger partial charge < -0.3 is 11.1 Å². The summed E-state index contributed by atoms with van der Waals surface area (Å²) in [5.74, 6) is 0.614. The van der Waals surface area contributed by atoms with E-state index in [0.29, 0.717) is 12.0 Å². The average Bonchev–Trinajstić information content (AvgIpc) is 2.64. The van der Waals surface area contributed by atoms with Gasteiger partial charge in [-0.25, -0.2) is 0 Å². The molecular formula is C11H20N2S. The molecule has 0 aliphatic rings. The molecule has 1 unspecified atom stereocenters. The standard InChI is InChI=1S/C11H20N2S/c1-9(2)11(8-12)13-6-5-10-4-3-7-14-10/h3-4,7,9,11,13H,5-6,8,12H2,1-2H3. The highest BCUT2D eigenvalue weighted by Gasteiger charge is 2.09. The number of hydrogen-bond acceptors (Lipinski definition) is 3. The van der Waals surface area contributed by atoms with Crippen LogP contribution in [-0.2, 0) is 6.42 Å². The van der Waals surface area contributed by atoms with Crippen molar-refractivity contribution < 1.29 is 0 Å². The minimum Gasteiger partial charge on any atom is -0.329 e. The lowest BCUT2D eigenvalue weighted by Gasteiger charge is -2.20. The molecule has 0 saturated carbocycles. The summed E-state index contributed by atoms with van der Waals surface area (Å²) >= 11 is 1.82. The van der Waals surface area contributed by atoms with E-state index < -0.39 is 0 Å². The van der Waals surface area contributed by atoms with Crippen LogP contribution in [0, 0.1) is 5.92 Å². The first-order valence-electron chi connectivity index (χ1n) is 5.20. The van der Waals surface area contributed by atoms with Gasteiger partial charge in [-0.05, 0) is 23.8 Å². The quantitative estimate of drug-likeness (QED) is 0.755. The second-order valence-electron chi connectivity index (χ2n) is 3.87. The van der Waals surface area contributed by atoms with Gasteiger partial charge in [0.15, 0.2) is 0 Å². The van der Waals surface area contributed by atoms with E-state index in [4.69, 9.17) is 5.73 Å². The van der Waals surface area contributed by atoms with Gasteiger partial charge in [-0.2, -0.15) is 0 Å². The molecule has 80 valence electrons. The van der Waals surface area contributed by atoms with Crippen LogP contribution in [0.25, 0.3) is 0 Å². The number of nitrogens with two attached hydrogens (primary N) is 1. The molecule has 3 N–H and O–H groups in total. The van der Waals surface area contributed by atoms with Crippen molar-refractivity contribution in [2.24, 2.45) is 11.7 Å². The third-order valence-electron chi connectivity index (χ3n) is 2.42. The molecule has 0 bridgehead atoms. The number of thiophene rings is 1. The molecule has 2 nitrogen and oxygen atoms in total. The Labute approximate surface area is 90.5 Å². The van der Waals surface area contributed by atoms with Crippen LogP contribution in [0.3, 0.4) is 0 Å². The van der Waals surface area contributed by atoms with Gasteiger partial charge in [-0.1, -0.05) is 19.9 Å². The van der Waals surface area contributed by atoms with Crippen molar-refractivity contribution in [3.05, 3.63) is 22.4 Å². The highest BCUT2D eigenvalue weighted by atomic mass is 32.1. The first-order chi connectivity index (χ1) is 6.74. The van der Waals surface area contributed by atoms with Crippen LogP contribution in [0.15, 0.2) is 17.5 Å². The number of hydrogen-bond donors (Lipinski definition) is 2. The maximum Gasteiger partial charge on any atom is 0.0213 e. The van der Waals surface area contributed by atoms with E-state index in [1.54, 1.807) is 0 Å². The van der Waals surface area contributed by atoms with Crippen molar-refractivity contribution in [2.75, 3.05) is 13.1 Å². The fourth-order valence-corrected chi connectivity index (χ4v) is 2.14. The smallest absolute Gasteiger partial charge is 0.0213 e. The molecule has 1 aromatic rings. The third kappa shape index (κ3) is 3.78. The van der Waals surface area contributed by atoms with Crippen molar-refractivity contribution in [1.82, 2.24) is 5.32 Å². The molecule has 0 aliphatic heterocycles. The largest absolute Gasteiger partial charge is 0.329 e. The fourth-order valence-electron chi connectivity index (χ4n) is 1.43. The van der Waals surface area contributed by atoms with Gasteiger partial charge >= 0.3 is 0 Å². The molecule has 1 heterocycles. The Morgan fingerprint density at radius 3 is 2.79 bits per heavy atom. The molecule has 1 aromatic heterocycles. The van der Waals surface area contributed by atoms with Gasteiger partial charge in [0.05, 0.1) is 0 Å². The van der Waals surface area contributed by atoms with Crippen LogP contribution in [0.4, 0.5) is 0 Å². The Hall–Kier alpha value is -0.380. The lowest BCUT2D eigenvalue weighted by Crippen LogP contribution is -2.41. The molecule has 0 amide bonds. The van der Waals surface area contributed by atoms with E-state index in [1.807, 2.05) is 11.3 Å². The molecule has 0 aromatic carbocycles. The van der Waals surface area contributed by atoms with E-state index in [1.165, 1.54) is 4.88 Å². The molecule has 3 heteroatoms. The molecule has 0 aliphatic carbocycles. The van der Waals surface area contributed by atoms with E-state index in [2.05, 4.69) is 36.7 Å². The summed E-state index contributed by atoms with van der Waals surface area (Å²) in [6.07, 6.45) is 1.11. The van der Waals surface area contributed by atoms with E-state index in [0.717, 1.165) is 19.5 Å². The van der Waals surface area contributed by atoms with Crippen LogP contribution >= 0.6 is 11.3 Å². The molecule has 14 heavy (non-hydrogen) atoms. The topological polar surface area (TPSA) is 38.0 Å². The second kappa shape index (κ2) is 6.17. The van der Waals surface area contributed by atoms with Crippen molar-refractivity contribution in [1.29, 1.82) is 0 Å². The third-order valence-corrected chi connectivity index (χ3v) is 3.35. The van der Waals surface area contributed by atoms with Crippen LogP contribution < -0.4 is 11.1 Å². The average molecular weight is 212 g/mol. The van der Waals surface area contributed by atoms with Gasteiger partial charge in [-0.3, -0.25) is 0 Å². The van der Waals surface area contributed by atoms with Crippen molar-refractivity contribution in [3.8, 4) is 0 Å². The van der Waals surface area contributed by atoms with Crippen LogP contribution in [0.2, 0.25) is 0 Å². The zero-order valence-corrected chi connectivity index (χ0v) is 9.81. The maximum atomic E-state index is 5.67. The van der Waals surface area contributed by atoms with Crippen LogP contribution in [0.5, 0.6) is 0 Å². The highest BCUT2D eigenvalue weighted by molar-refractivity contribution is 7.09. The Morgan fingerprint density at radius 2 is 2.29 bits per heavy atom. The predicted molar refractivity (Wildman–Crippen MR) is 63.7 cm³/mol. The molecule has 1 rings (SSSR count). The van der Waals surface area contributed by atoms with Gasteiger partial charge in [0, 0.05) is 24.0 Å². The summed E-state index contributed by atoms with van der Waals surface area (Å²) in [6.45, 7) is 6.16. The Balaban J connectivity index is 2.20. The van der Waals surface area contributed by atoms with Crippen LogP contribution in [0.1, 0.15) is 18.7 Å². The number of rotatable bonds is 6. The Bertz CT molecular complexity index is 231. The molecular weight excluding hydrogens is 192 g/mol. The SMILES string of the molecule is CC(C)C(CN)NCCc1cccs1. The van der Waals surface area contributed by atoms with E-state index in [-0.39, 0.29) is 0 Å². The van der Waals surface area contributed by atoms with Gasteiger partial charge in [0.25, 0.3) is 0 Å². The van der Waals surface area contributed by atoms with Crippen LogP contribution in [-0.4, -0.2) is 19.1 Å². The normalized spacial score (nSPS) is 13.4. The van der Waals surface area contributed by atoms with E-state index >= 15 is 0 Å². The van der Waals surface area contributed by atoms with Crippen molar-refractivity contribution in [3.63, 3.8) is 0 Å². The predicted octanol–water partition coefficient (Wildman–Crippen LogP) is 1.86. The molecule has 0 saturated heterocycles. The van der Waals surface area contributed by atoms with Gasteiger partial charge in [0.2, 0.25) is 0 Å². The fraction of sp³-hybridized carbons (Fsp3) is 0.636. The first-order valence-corrected chi connectivity index (χ1v) is 6.08. The van der Waals surface area contributed by atoms with Crippen molar-refractivity contribution in [2.45, 2.75) is 26.3 Å². The lowest BCUT2D eigenvalue weighted by atomic mass is 10.0. The van der Waals surface area contributed by atoms with Crippen molar-refractivity contribution >= 4 is 11.3 Å². The summed E-state index contributed by atoms with van der Waals surface area (Å²) in [7, 11) is 0. The minimum atomic E-state index is 0.454. The summed E-state index contributed by atoms with van der Waals surface area (Å²) in [5.41, 5.74) is 5.67. The summed E-state index contributed by atoms with van der Waals surface area (Å²) < 4.78 is 0. The van der Waals surface area contributed by atoms with E-state index in [9.17, 15) is 0 Å². The Kier molecular flexibility index (Phi) is 5.15. The lowest BCUT2D eigenvalue weighted by molar-refractivity contribution is 0.409. The molecule has 1 atom stereocenters. The minimum absolute atomic E-state index is 0.454. The first kappa shape index (κ1) is 11.7. The molecule has 0 fully saturated rings.